The predicted octanol–water partition coefficient (Wildman–Crippen LogP) is 4.21. The van der Waals surface area contributed by atoms with Crippen molar-refractivity contribution in [1.29, 1.82) is 0 Å². The smallest absolute Gasteiger partial charge is 0.171 e. The van der Waals surface area contributed by atoms with Gasteiger partial charge in [-0.05, 0) is 49.2 Å². The molecular weight excluding hydrogens is 306 g/mol. The molecule has 0 spiro atoms. The van der Waals surface area contributed by atoms with Crippen LogP contribution in [0.3, 0.4) is 0 Å². The Hall–Kier alpha value is -1.26. The van der Waals surface area contributed by atoms with E-state index in [-0.39, 0.29) is 12.1 Å². The molecule has 0 amide bonds. The van der Waals surface area contributed by atoms with E-state index in [4.69, 9.17) is 14.9 Å². The lowest BCUT2D eigenvalue weighted by molar-refractivity contribution is 0.144. The Morgan fingerprint density at radius 1 is 1.37 bits per heavy atom. The van der Waals surface area contributed by atoms with Gasteiger partial charge in [0.05, 0.1) is 6.26 Å². The number of benzene rings is 1. The molecule has 2 aromatic rings. The highest BCUT2D eigenvalue weighted by Crippen LogP contribution is 2.28. The molecule has 19 heavy (non-hydrogen) atoms. The molecule has 0 aliphatic carbocycles. The molecule has 0 bridgehead atoms. The number of aryl methyl sites for hydroxylation is 1. The molecule has 2 atom stereocenters. The standard InChI is InChI=1S/C15H18BrNO2/c1-3-13(17)15(14-5-4-8-18-14)19-11-6-7-12(16)10(2)9-11/h4-9,13,15H,3,17H2,1-2H3. The Kier molecular flexibility index (Phi) is 4.66. The molecule has 1 heterocycles. The summed E-state index contributed by atoms with van der Waals surface area (Å²) in [5.41, 5.74) is 7.26. The van der Waals surface area contributed by atoms with E-state index in [9.17, 15) is 0 Å². The molecule has 0 saturated carbocycles. The summed E-state index contributed by atoms with van der Waals surface area (Å²) >= 11 is 3.48. The molecule has 2 N–H and O–H groups in total. The monoisotopic (exact) mass is 323 g/mol. The quantitative estimate of drug-likeness (QED) is 0.896. The zero-order valence-electron chi connectivity index (χ0n) is 11.1. The van der Waals surface area contributed by atoms with Crippen molar-refractivity contribution in [2.24, 2.45) is 5.73 Å². The third kappa shape index (κ3) is 3.39. The number of nitrogens with two attached hydrogens (primary N) is 1. The van der Waals surface area contributed by atoms with Crippen LogP contribution in [0.1, 0.15) is 30.8 Å². The van der Waals surface area contributed by atoms with Gasteiger partial charge in [-0.15, -0.1) is 0 Å². The van der Waals surface area contributed by atoms with Gasteiger partial charge in [-0.1, -0.05) is 22.9 Å². The summed E-state index contributed by atoms with van der Waals surface area (Å²) in [6, 6.07) is 9.53. The van der Waals surface area contributed by atoms with Crippen molar-refractivity contribution in [2.75, 3.05) is 0 Å². The average Bonchev–Trinajstić information content (AvgIpc) is 2.93. The van der Waals surface area contributed by atoms with Gasteiger partial charge in [0.1, 0.15) is 11.5 Å². The molecule has 0 aliphatic rings. The molecule has 3 nitrogen and oxygen atoms in total. The van der Waals surface area contributed by atoms with Crippen LogP contribution in [0.5, 0.6) is 5.75 Å². The zero-order chi connectivity index (χ0) is 13.8. The number of hydrogen-bond donors (Lipinski definition) is 1. The van der Waals surface area contributed by atoms with E-state index in [2.05, 4.69) is 15.9 Å². The van der Waals surface area contributed by atoms with E-state index in [0.29, 0.717) is 0 Å². The Morgan fingerprint density at radius 3 is 2.74 bits per heavy atom. The fraction of sp³-hybridized carbons (Fsp3) is 0.333. The van der Waals surface area contributed by atoms with Gasteiger partial charge < -0.3 is 14.9 Å². The summed E-state index contributed by atoms with van der Waals surface area (Å²) in [7, 11) is 0. The zero-order valence-corrected chi connectivity index (χ0v) is 12.7. The van der Waals surface area contributed by atoms with E-state index >= 15 is 0 Å². The summed E-state index contributed by atoms with van der Waals surface area (Å²) in [4.78, 5) is 0. The lowest BCUT2D eigenvalue weighted by Crippen LogP contribution is -2.31. The predicted molar refractivity (Wildman–Crippen MR) is 79.2 cm³/mol. The van der Waals surface area contributed by atoms with E-state index < -0.39 is 0 Å². The molecule has 0 fully saturated rings. The molecule has 1 aromatic carbocycles. The normalized spacial score (nSPS) is 14.1. The third-order valence-corrected chi connectivity index (χ3v) is 3.97. The van der Waals surface area contributed by atoms with Gasteiger partial charge in [-0.3, -0.25) is 0 Å². The summed E-state index contributed by atoms with van der Waals surface area (Å²) in [5.74, 6) is 1.56. The van der Waals surface area contributed by atoms with Crippen molar-refractivity contribution in [3.8, 4) is 5.75 Å². The highest BCUT2D eigenvalue weighted by Gasteiger charge is 2.23. The number of rotatable bonds is 5. The van der Waals surface area contributed by atoms with E-state index in [1.807, 2.05) is 44.2 Å². The first kappa shape index (κ1) is 14.2. The van der Waals surface area contributed by atoms with Crippen LogP contribution >= 0.6 is 15.9 Å². The minimum Gasteiger partial charge on any atom is -0.481 e. The van der Waals surface area contributed by atoms with Crippen LogP contribution in [0.25, 0.3) is 0 Å². The van der Waals surface area contributed by atoms with Crippen molar-refractivity contribution in [3.63, 3.8) is 0 Å². The molecule has 2 unspecified atom stereocenters. The Morgan fingerprint density at radius 2 is 2.16 bits per heavy atom. The van der Waals surface area contributed by atoms with Crippen molar-refractivity contribution < 1.29 is 9.15 Å². The maximum Gasteiger partial charge on any atom is 0.171 e. The second-order valence-electron chi connectivity index (χ2n) is 4.54. The van der Waals surface area contributed by atoms with E-state index in [1.165, 1.54) is 0 Å². The molecule has 1 aromatic heterocycles. The Balaban J connectivity index is 2.23. The van der Waals surface area contributed by atoms with Crippen LogP contribution in [-0.4, -0.2) is 6.04 Å². The van der Waals surface area contributed by atoms with Crippen molar-refractivity contribution in [3.05, 3.63) is 52.4 Å². The first-order chi connectivity index (χ1) is 9.11. The lowest BCUT2D eigenvalue weighted by atomic mass is 10.1. The number of furan rings is 1. The fourth-order valence-electron chi connectivity index (χ4n) is 1.86. The summed E-state index contributed by atoms with van der Waals surface area (Å²) in [6.45, 7) is 4.06. The number of hydrogen-bond acceptors (Lipinski definition) is 3. The Labute approximate surface area is 121 Å². The van der Waals surface area contributed by atoms with Crippen molar-refractivity contribution in [1.82, 2.24) is 0 Å². The molecule has 0 radical (unpaired) electrons. The summed E-state index contributed by atoms with van der Waals surface area (Å²) in [5, 5.41) is 0. The summed E-state index contributed by atoms with van der Waals surface area (Å²) in [6.07, 6.45) is 2.20. The first-order valence-corrected chi connectivity index (χ1v) is 7.13. The SMILES string of the molecule is CCC(N)C(Oc1ccc(Br)c(C)c1)c1ccco1. The molecule has 102 valence electrons. The maximum absolute atomic E-state index is 6.13. The highest BCUT2D eigenvalue weighted by molar-refractivity contribution is 9.10. The van der Waals surface area contributed by atoms with Gasteiger partial charge in [0.2, 0.25) is 0 Å². The maximum atomic E-state index is 6.13. The molecular formula is C15H18BrNO2. The third-order valence-electron chi connectivity index (χ3n) is 3.08. The second-order valence-corrected chi connectivity index (χ2v) is 5.39. The number of ether oxygens (including phenoxy) is 1. The van der Waals surface area contributed by atoms with Crippen LogP contribution < -0.4 is 10.5 Å². The number of halogens is 1. The lowest BCUT2D eigenvalue weighted by Gasteiger charge is -2.22. The van der Waals surface area contributed by atoms with Crippen LogP contribution in [0.2, 0.25) is 0 Å². The molecule has 2 rings (SSSR count). The van der Waals surface area contributed by atoms with Crippen molar-refractivity contribution >= 4 is 15.9 Å². The van der Waals surface area contributed by atoms with E-state index in [1.54, 1.807) is 6.26 Å². The fourth-order valence-corrected chi connectivity index (χ4v) is 2.11. The highest BCUT2D eigenvalue weighted by atomic mass is 79.9. The average molecular weight is 324 g/mol. The summed E-state index contributed by atoms with van der Waals surface area (Å²) < 4.78 is 12.5. The van der Waals surface area contributed by atoms with Crippen molar-refractivity contribution in [2.45, 2.75) is 32.4 Å². The van der Waals surface area contributed by atoms with Crippen LogP contribution in [0.15, 0.2) is 45.5 Å². The van der Waals surface area contributed by atoms with Gasteiger partial charge in [0, 0.05) is 10.5 Å². The van der Waals surface area contributed by atoms with Crippen LogP contribution in [0, 0.1) is 6.92 Å². The minimum absolute atomic E-state index is 0.102. The molecule has 0 aliphatic heterocycles. The van der Waals surface area contributed by atoms with E-state index in [0.717, 1.165) is 28.0 Å². The van der Waals surface area contributed by atoms with Gasteiger partial charge in [0.15, 0.2) is 6.10 Å². The van der Waals surface area contributed by atoms with Crippen LogP contribution in [0.4, 0.5) is 0 Å². The second kappa shape index (κ2) is 6.26. The first-order valence-electron chi connectivity index (χ1n) is 6.33. The molecule has 0 saturated heterocycles. The van der Waals surface area contributed by atoms with Crippen LogP contribution in [-0.2, 0) is 0 Å². The van der Waals surface area contributed by atoms with Gasteiger partial charge in [-0.2, -0.15) is 0 Å². The van der Waals surface area contributed by atoms with Gasteiger partial charge in [0.25, 0.3) is 0 Å². The largest absolute Gasteiger partial charge is 0.481 e. The Bertz CT molecular complexity index is 525. The van der Waals surface area contributed by atoms with Gasteiger partial charge >= 0.3 is 0 Å². The van der Waals surface area contributed by atoms with Gasteiger partial charge in [-0.25, -0.2) is 0 Å². The molecule has 4 heteroatoms. The minimum atomic E-state index is -0.263. The topological polar surface area (TPSA) is 48.4 Å².